The first-order chi connectivity index (χ1) is 7.41. The van der Waals surface area contributed by atoms with E-state index in [1.807, 2.05) is 13.8 Å². The van der Waals surface area contributed by atoms with E-state index in [2.05, 4.69) is 28.0 Å². The van der Waals surface area contributed by atoms with Crippen molar-refractivity contribution < 1.29 is 4.84 Å². The highest BCUT2D eigenvalue weighted by Gasteiger charge is 2.34. The minimum absolute atomic E-state index is 0.230. The number of hydrogen-bond donors (Lipinski definition) is 1. The maximum absolute atomic E-state index is 5.82. The summed E-state index contributed by atoms with van der Waals surface area (Å²) in [4.78, 5) is 5.29. The Hall–Kier alpha value is -0.750. The zero-order chi connectivity index (χ0) is 11.9. The Bertz CT molecular complexity index is 443. The number of oxime groups is 1. The van der Waals surface area contributed by atoms with Crippen LogP contribution in [0, 0.1) is 0 Å². The van der Waals surface area contributed by atoms with Gasteiger partial charge in [0.15, 0.2) is 5.82 Å². The fraction of sp³-hybridized carbons (Fsp3) is 0.667. The Morgan fingerprint density at radius 3 is 2.62 bits per heavy atom. The molecule has 16 heavy (non-hydrogen) atoms. The summed E-state index contributed by atoms with van der Waals surface area (Å²) in [6, 6.07) is 0. The van der Waals surface area contributed by atoms with Crippen LogP contribution in [0.15, 0.2) is 5.16 Å². The van der Waals surface area contributed by atoms with Gasteiger partial charge in [-0.05, 0) is 25.4 Å². The summed E-state index contributed by atoms with van der Waals surface area (Å²) in [5.41, 5.74) is 0.583. The van der Waals surface area contributed by atoms with Crippen molar-refractivity contribution in [3.63, 3.8) is 0 Å². The topological polar surface area (TPSA) is 52.3 Å². The number of halogens is 1. The fourth-order valence-electron chi connectivity index (χ4n) is 1.54. The SMILES string of the molecule is Cn1c(Cl)nnc1C(S)C1=NOC(C)(C)C1. The minimum atomic E-state index is -0.265. The molecule has 2 heterocycles. The van der Waals surface area contributed by atoms with Crippen LogP contribution >= 0.6 is 24.2 Å². The molecule has 7 heteroatoms. The molecule has 2 rings (SSSR count). The van der Waals surface area contributed by atoms with Crippen LogP contribution in [0.1, 0.15) is 31.3 Å². The van der Waals surface area contributed by atoms with Crippen molar-refractivity contribution in [3.05, 3.63) is 11.1 Å². The predicted molar refractivity (Wildman–Crippen MR) is 65.0 cm³/mol. The second-order valence-electron chi connectivity index (χ2n) is 4.40. The van der Waals surface area contributed by atoms with Crippen molar-refractivity contribution in [3.8, 4) is 0 Å². The van der Waals surface area contributed by atoms with E-state index in [0.29, 0.717) is 11.1 Å². The molecule has 0 saturated heterocycles. The second-order valence-corrected chi connectivity index (χ2v) is 5.25. The Morgan fingerprint density at radius 1 is 1.50 bits per heavy atom. The second kappa shape index (κ2) is 3.92. The van der Waals surface area contributed by atoms with Crippen molar-refractivity contribution in [1.29, 1.82) is 0 Å². The van der Waals surface area contributed by atoms with Crippen LogP contribution in [0.5, 0.6) is 0 Å². The lowest BCUT2D eigenvalue weighted by atomic mass is 10.0. The normalized spacial score (nSPS) is 20.4. The first-order valence-corrected chi connectivity index (χ1v) is 5.78. The van der Waals surface area contributed by atoms with E-state index in [9.17, 15) is 0 Å². The zero-order valence-electron chi connectivity index (χ0n) is 9.31. The standard InChI is InChI=1S/C9H13ClN4OS/c1-9(2)4-5(13-15-9)6(16)7-11-12-8(10)14(7)3/h6,16H,4H2,1-3H3. The van der Waals surface area contributed by atoms with Gasteiger partial charge in [-0.1, -0.05) is 5.16 Å². The summed E-state index contributed by atoms with van der Waals surface area (Å²) < 4.78 is 1.69. The molecule has 5 nitrogen and oxygen atoms in total. The van der Waals surface area contributed by atoms with Crippen LogP contribution in [0.4, 0.5) is 0 Å². The molecule has 1 aliphatic heterocycles. The van der Waals surface area contributed by atoms with Gasteiger partial charge in [0.25, 0.3) is 0 Å². The van der Waals surface area contributed by atoms with Crippen molar-refractivity contribution >= 4 is 29.9 Å². The van der Waals surface area contributed by atoms with Gasteiger partial charge in [0.2, 0.25) is 5.28 Å². The fourth-order valence-corrected chi connectivity index (χ4v) is 2.03. The van der Waals surface area contributed by atoms with E-state index in [4.69, 9.17) is 16.4 Å². The molecule has 1 atom stereocenters. The summed E-state index contributed by atoms with van der Waals surface area (Å²) in [5.74, 6) is 0.674. The van der Waals surface area contributed by atoms with Gasteiger partial charge in [-0.15, -0.1) is 10.2 Å². The summed E-state index contributed by atoms with van der Waals surface area (Å²) in [5, 5.41) is 11.9. The molecular weight excluding hydrogens is 248 g/mol. The third-order valence-corrected chi connectivity index (χ3v) is 3.29. The van der Waals surface area contributed by atoms with E-state index in [1.54, 1.807) is 11.6 Å². The van der Waals surface area contributed by atoms with Gasteiger partial charge in [-0.25, -0.2) is 0 Å². The van der Waals surface area contributed by atoms with E-state index in [0.717, 1.165) is 12.1 Å². The number of hydrogen-bond acceptors (Lipinski definition) is 5. The molecule has 0 radical (unpaired) electrons. The van der Waals surface area contributed by atoms with E-state index in [1.165, 1.54) is 0 Å². The first-order valence-electron chi connectivity index (χ1n) is 4.88. The highest BCUT2D eigenvalue weighted by atomic mass is 35.5. The number of thiol groups is 1. The van der Waals surface area contributed by atoms with Crippen LogP contribution < -0.4 is 0 Å². The Balaban J connectivity index is 2.21. The maximum atomic E-state index is 5.82. The molecular formula is C9H13ClN4OS. The molecule has 0 bridgehead atoms. The Kier molecular flexibility index (Phi) is 2.88. The predicted octanol–water partition coefficient (Wildman–Crippen LogP) is 1.99. The molecule has 1 aromatic rings. The molecule has 0 fully saturated rings. The van der Waals surface area contributed by atoms with E-state index < -0.39 is 0 Å². The molecule has 1 aliphatic rings. The lowest BCUT2D eigenvalue weighted by Gasteiger charge is -2.14. The number of aromatic nitrogens is 3. The summed E-state index contributed by atoms with van der Waals surface area (Å²) in [7, 11) is 1.79. The summed E-state index contributed by atoms with van der Waals surface area (Å²) in [6.07, 6.45) is 0.728. The monoisotopic (exact) mass is 260 g/mol. The van der Waals surface area contributed by atoms with Crippen LogP contribution in [-0.2, 0) is 11.9 Å². The molecule has 0 N–H and O–H groups in total. The first kappa shape index (κ1) is 11.7. The largest absolute Gasteiger partial charge is 0.389 e. The number of nitrogens with zero attached hydrogens (tertiary/aromatic N) is 4. The van der Waals surface area contributed by atoms with Gasteiger partial charge in [0.1, 0.15) is 10.9 Å². The van der Waals surface area contributed by atoms with Gasteiger partial charge >= 0.3 is 0 Å². The van der Waals surface area contributed by atoms with Crippen molar-refractivity contribution in [2.45, 2.75) is 31.1 Å². The van der Waals surface area contributed by atoms with Gasteiger partial charge in [-0.3, -0.25) is 0 Å². The average molecular weight is 261 g/mol. The third-order valence-electron chi connectivity index (χ3n) is 2.43. The molecule has 0 aromatic carbocycles. The molecule has 1 unspecified atom stereocenters. The van der Waals surface area contributed by atoms with E-state index in [-0.39, 0.29) is 10.9 Å². The highest BCUT2D eigenvalue weighted by Crippen LogP contribution is 2.31. The van der Waals surface area contributed by atoms with Crippen molar-refractivity contribution in [2.24, 2.45) is 12.2 Å². The van der Waals surface area contributed by atoms with Crippen LogP contribution in [0.25, 0.3) is 0 Å². The van der Waals surface area contributed by atoms with Crippen LogP contribution in [-0.4, -0.2) is 26.1 Å². The van der Waals surface area contributed by atoms with Crippen LogP contribution in [0.3, 0.4) is 0 Å². The molecule has 1 aromatic heterocycles. The molecule has 0 aliphatic carbocycles. The number of rotatable bonds is 2. The highest BCUT2D eigenvalue weighted by molar-refractivity contribution is 7.81. The third kappa shape index (κ3) is 2.04. The van der Waals surface area contributed by atoms with Crippen LogP contribution in [0.2, 0.25) is 5.28 Å². The molecule has 0 amide bonds. The van der Waals surface area contributed by atoms with Crippen molar-refractivity contribution in [1.82, 2.24) is 14.8 Å². The lowest BCUT2D eigenvalue weighted by Crippen LogP contribution is -2.21. The maximum Gasteiger partial charge on any atom is 0.224 e. The minimum Gasteiger partial charge on any atom is -0.389 e. The van der Waals surface area contributed by atoms with E-state index >= 15 is 0 Å². The Labute approximate surface area is 104 Å². The lowest BCUT2D eigenvalue weighted by molar-refractivity contribution is 0.0123. The van der Waals surface area contributed by atoms with Gasteiger partial charge in [0.05, 0.1) is 5.71 Å². The Morgan fingerprint density at radius 2 is 2.19 bits per heavy atom. The van der Waals surface area contributed by atoms with Crippen molar-refractivity contribution in [2.75, 3.05) is 0 Å². The summed E-state index contributed by atoms with van der Waals surface area (Å²) >= 11 is 10.3. The van der Waals surface area contributed by atoms with Gasteiger partial charge in [0, 0.05) is 13.5 Å². The molecule has 0 saturated carbocycles. The summed E-state index contributed by atoms with van der Waals surface area (Å²) in [6.45, 7) is 3.96. The van der Waals surface area contributed by atoms with Gasteiger partial charge in [-0.2, -0.15) is 12.6 Å². The quantitative estimate of drug-likeness (QED) is 0.828. The zero-order valence-corrected chi connectivity index (χ0v) is 11.0. The average Bonchev–Trinajstić information content (AvgIpc) is 2.71. The smallest absolute Gasteiger partial charge is 0.224 e. The van der Waals surface area contributed by atoms with Gasteiger partial charge < -0.3 is 9.40 Å². The molecule has 88 valence electrons. The molecule has 0 spiro atoms.